The number of rotatable bonds is 4. The van der Waals surface area contributed by atoms with Crippen LogP contribution in [0.1, 0.15) is 21.5 Å². The molecule has 1 atom stereocenters. The third-order valence-electron chi connectivity index (χ3n) is 4.68. The molecule has 3 rings (SSSR count). The Balaban J connectivity index is 2.18. The third kappa shape index (κ3) is 2.92. The zero-order valence-corrected chi connectivity index (χ0v) is 14.2. The van der Waals surface area contributed by atoms with Gasteiger partial charge in [0, 0.05) is 24.2 Å². The van der Waals surface area contributed by atoms with Crippen LogP contribution in [-0.2, 0) is 6.42 Å². The van der Waals surface area contributed by atoms with Gasteiger partial charge in [0.1, 0.15) is 0 Å². The first-order valence-electron chi connectivity index (χ1n) is 8.21. The van der Waals surface area contributed by atoms with Crippen LogP contribution in [-0.4, -0.2) is 40.9 Å². The molecule has 0 saturated heterocycles. The van der Waals surface area contributed by atoms with Crippen LogP contribution in [0.25, 0.3) is 0 Å². The van der Waals surface area contributed by atoms with Crippen LogP contribution >= 0.6 is 0 Å². The molecule has 1 aliphatic rings. The first-order chi connectivity index (χ1) is 12.3. The lowest BCUT2D eigenvalue weighted by Crippen LogP contribution is -2.69. The molecule has 0 radical (unpaired) electrons. The van der Waals surface area contributed by atoms with Crippen molar-refractivity contribution in [2.75, 3.05) is 18.5 Å². The van der Waals surface area contributed by atoms with Gasteiger partial charge in [-0.25, -0.2) is 0 Å². The number of para-hydroxylation sites is 1. The fraction of sp³-hybridized carbons (Fsp3) is 0.316. The fourth-order valence-corrected chi connectivity index (χ4v) is 3.34. The highest BCUT2D eigenvalue weighted by Crippen LogP contribution is 2.43. The van der Waals surface area contributed by atoms with Gasteiger partial charge in [0.2, 0.25) is 5.66 Å². The minimum absolute atomic E-state index is 0.229. The van der Waals surface area contributed by atoms with E-state index in [2.05, 4.69) is 5.32 Å². The molecule has 0 spiro atoms. The summed E-state index contributed by atoms with van der Waals surface area (Å²) in [6.45, 7) is 0.703. The van der Waals surface area contributed by atoms with Crippen LogP contribution in [0.5, 0.6) is 0 Å². The van der Waals surface area contributed by atoms with E-state index in [4.69, 9.17) is 0 Å². The molecule has 4 nitrogen and oxygen atoms in total. The number of nitrogens with one attached hydrogen (secondary N) is 1. The number of anilines is 1. The Morgan fingerprint density at radius 3 is 2.46 bits per heavy atom. The first-order valence-corrected chi connectivity index (χ1v) is 8.21. The molecule has 138 valence electrons. The summed E-state index contributed by atoms with van der Waals surface area (Å²) in [6, 6.07) is 12.9. The van der Waals surface area contributed by atoms with Crippen molar-refractivity contribution in [1.29, 1.82) is 0 Å². The summed E-state index contributed by atoms with van der Waals surface area (Å²) in [5.41, 5.74) is -1.16. The van der Waals surface area contributed by atoms with Gasteiger partial charge in [0.05, 0.1) is 6.61 Å². The van der Waals surface area contributed by atoms with Crippen molar-refractivity contribution >= 4 is 11.6 Å². The molecule has 0 fully saturated rings. The van der Waals surface area contributed by atoms with Crippen molar-refractivity contribution in [3.63, 3.8) is 0 Å². The van der Waals surface area contributed by atoms with Gasteiger partial charge in [0.25, 0.3) is 5.91 Å². The lowest BCUT2D eigenvalue weighted by molar-refractivity contribution is -0.216. The third-order valence-corrected chi connectivity index (χ3v) is 4.68. The highest BCUT2D eigenvalue weighted by Gasteiger charge is 2.62. The second-order valence-corrected chi connectivity index (χ2v) is 6.31. The molecular weight excluding hydrogens is 345 g/mol. The monoisotopic (exact) mass is 364 g/mol. The molecule has 2 N–H and O–H groups in total. The maximum atomic E-state index is 14.3. The van der Waals surface area contributed by atoms with E-state index >= 15 is 0 Å². The quantitative estimate of drug-likeness (QED) is 0.875. The summed E-state index contributed by atoms with van der Waals surface area (Å²) in [7, 11) is 0. The molecule has 1 unspecified atom stereocenters. The molecule has 0 saturated carbocycles. The summed E-state index contributed by atoms with van der Waals surface area (Å²) in [4.78, 5) is 13.5. The maximum Gasteiger partial charge on any atom is 0.430 e. The number of fused-ring (bicyclic) bond motifs is 1. The lowest BCUT2D eigenvalue weighted by Gasteiger charge is -2.48. The van der Waals surface area contributed by atoms with Gasteiger partial charge in [-0.1, -0.05) is 36.4 Å². The molecule has 1 amide bonds. The summed E-state index contributed by atoms with van der Waals surface area (Å²) in [5, 5.41) is 11.9. The summed E-state index contributed by atoms with van der Waals surface area (Å²) < 4.78 is 42.9. The number of nitrogens with zero attached hydrogens (tertiary/aromatic N) is 1. The highest BCUT2D eigenvalue weighted by atomic mass is 19.4. The van der Waals surface area contributed by atoms with E-state index in [1.165, 1.54) is 12.1 Å². The standard InChI is InChI=1S/C19H19F3N2O2/c1-13-6-2-5-9-16(13)23-18(19(20,21)22)12-14-7-3-4-8-15(14)17(26)24(18)10-11-25/h2-9,23,25H,10-12H2,1H3. The van der Waals surface area contributed by atoms with Crippen LogP contribution in [0.15, 0.2) is 48.5 Å². The zero-order valence-electron chi connectivity index (χ0n) is 14.2. The van der Waals surface area contributed by atoms with Gasteiger partial charge in [-0.3, -0.25) is 4.79 Å². The number of amides is 1. The Morgan fingerprint density at radius 1 is 1.15 bits per heavy atom. The Bertz CT molecular complexity index is 822. The van der Waals surface area contributed by atoms with Crippen molar-refractivity contribution in [2.45, 2.75) is 25.2 Å². The van der Waals surface area contributed by atoms with Crippen molar-refractivity contribution in [1.82, 2.24) is 4.90 Å². The van der Waals surface area contributed by atoms with E-state index in [9.17, 15) is 23.1 Å². The van der Waals surface area contributed by atoms with Gasteiger partial charge in [-0.05, 0) is 30.2 Å². The van der Waals surface area contributed by atoms with E-state index in [1.54, 1.807) is 43.3 Å². The number of halogens is 3. The molecule has 26 heavy (non-hydrogen) atoms. The number of alkyl halides is 3. The highest BCUT2D eigenvalue weighted by molar-refractivity contribution is 5.98. The smallest absolute Gasteiger partial charge is 0.395 e. The van der Waals surface area contributed by atoms with E-state index < -0.39 is 37.3 Å². The molecule has 1 aliphatic heterocycles. The summed E-state index contributed by atoms with van der Waals surface area (Å²) in [6.07, 6.45) is -5.19. The fourth-order valence-electron chi connectivity index (χ4n) is 3.34. The Labute approximate surface area is 149 Å². The minimum atomic E-state index is -4.76. The molecule has 7 heteroatoms. The second kappa shape index (κ2) is 6.64. The molecule has 0 aromatic heterocycles. The van der Waals surface area contributed by atoms with Gasteiger partial charge < -0.3 is 15.3 Å². The van der Waals surface area contributed by atoms with Gasteiger partial charge >= 0.3 is 6.18 Å². The summed E-state index contributed by atoms with van der Waals surface area (Å²) >= 11 is 0. The van der Waals surface area contributed by atoms with Crippen molar-refractivity contribution in [2.24, 2.45) is 0 Å². The average Bonchev–Trinajstić information content (AvgIpc) is 2.59. The second-order valence-electron chi connectivity index (χ2n) is 6.31. The number of benzene rings is 2. The molecule has 0 aliphatic carbocycles. The number of aryl methyl sites for hydroxylation is 1. The van der Waals surface area contributed by atoms with Crippen LogP contribution in [0.4, 0.5) is 18.9 Å². The van der Waals surface area contributed by atoms with Gasteiger partial charge in [0.15, 0.2) is 0 Å². The normalized spacial score (nSPS) is 20.0. The van der Waals surface area contributed by atoms with Crippen molar-refractivity contribution in [3.05, 3.63) is 65.2 Å². The molecule has 0 bridgehead atoms. The van der Waals surface area contributed by atoms with Crippen molar-refractivity contribution in [3.8, 4) is 0 Å². The number of aliphatic hydroxyl groups excluding tert-OH is 1. The minimum Gasteiger partial charge on any atom is -0.395 e. The molecule has 2 aromatic rings. The van der Waals surface area contributed by atoms with Gasteiger partial charge in [-0.2, -0.15) is 13.2 Å². The number of carbonyl (C=O) groups is 1. The zero-order chi connectivity index (χ0) is 18.9. The molecule has 2 aromatic carbocycles. The van der Waals surface area contributed by atoms with Crippen LogP contribution < -0.4 is 5.32 Å². The predicted octanol–water partition coefficient (Wildman–Crippen LogP) is 3.36. The topological polar surface area (TPSA) is 52.6 Å². The Hall–Kier alpha value is -2.54. The lowest BCUT2D eigenvalue weighted by atomic mass is 9.87. The Kier molecular flexibility index (Phi) is 4.66. The molecular formula is C19H19F3N2O2. The average molecular weight is 364 g/mol. The van der Waals surface area contributed by atoms with Crippen LogP contribution in [0.2, 0.25) is 0 Å². The number of β-amino-alcohol motifs (C(OH)–C–C–N with tert-alkyl or cyclic N) is 1. The van der Waals surface area contributed by atoms with Crippen LogP contribution in [0, 0.1) is 6.92 Å². The van der Waals surface area contributed by atoms with E-state index in [1.807, 2.05) is 0 Å². The van der Waals surface area contributed by atoms with Crippen LogP contribution in [0.3, 0.4) is 0 Å². The molecule has 1 heterocycles. The number of hydrogen-bond donors (Lipinski definition) is 2. The summed E-state index contributed by atoms with van der Waals surface area (Å²) in [5.74, 6) is -0.751. The SMILES string of the molecule is Cc1ccccc1NC1(C(F)(F)F)Cc2ccccc2C(=O)N1CCO. The van der Waals surface area contributed by atoms with Gasteiger partial charge in [-0.15, -0.1) is 0 Å². The number of aliphatic hydroxyl groups is 1. The largest absolute Gasteiger partial charge is 0.430 e. The van der Waals surface area contributed by atoms with E-state index in [-0.39, 0.29) is 5.56 Å². The first kappa shape index (κ1) is 18.3. The maximum absolute atomic E-state index is 14.3. The predicted molar refractivity (Wildman–Crippen MR) is 91.9 cm³/mol. The number of hydrogen-bond acceptors (Lipinski definition) is 3. The van der Waals surface area contributed by atoms with Crippen molar-refractivity contribution < 1.29 is 23.1 Å². The Morgan fingerprint density at radius 2 is 1.81 bits per heavy atom. The number of carbonyl (C=O) groups excluding carboxylic acids is 1. The van der Waals surface area contributed by atoms with E-state index in [0.29, 0.717) is 21.7 Å². The van der Waals surface area contributed by atoms with E-state index in [0.717, 1.165) is 0 Å².